The highest BCUT2D eigenvalue weighted by Gasteiger charge is 2.05. The van der Waals surface area contributed by atoms with E-state index >= 15 is 0 Å². The molecule has 5 nitrogen and oxygen atoms in total. The first-order valence-corrected chi connectivity index (χ1v) is 6.84. The van der Waals surface area contributed by atoms with Gasteiger partial charge in [0.1, 0.15) is 6.61 Å². The maximum atomic E-state index is 11.5. The molecular formula is C12H12ClN3O2S. The Hall–Kier alpha value is -1.66. The molecule has 7 heteroatoms. The van der Waals surface area contributed by atoms with Gasteiger partial charge in [0.25, 0.3) is 0 Å². The third kappa shape index (κ3) is 4.84. The molecular weight excluding hydrogens is 286 g/mol. The van der Waals surface area contributed by atoms with Crippen LogP contribution in [0.5, 0.6) is 0 Å². The summed E-state index contributed by atoms with van der Waals surface area (Å²) in [4.78, 5) is 20.4. The number of esters is 1. The summed E-state index contributed by atoms with van der Waals surface area (Å²) in [5.74, 6) is 0.230. The first-order chi connectivity index (χ1) is 9.24. The second-order valence-corrected chi connectivity index (χ2v) is 5.42. The zero-order chi connectivity index (χ0) is 13.5. The maximum Gasteiger partial charge on any atom is 0.307 e. The van der Waals surface area contributed by atoms with Crippen molar-refractivity contribution in [2.24, 2.45) is 0 Å². The number of anilines is 1. The molecule has 0 aliphatic heterocycles. The van der Waals surface area contributed by atoms with Crippen molar-refractivity contribution in [1.29, 1.82) is 0 Å². The predicted molar refractivity (Wildman–Crippen MR) is 74.3 cm³/mol. The van der Waals surface area contributed by atoms with Crippen LogP contribution >= 0.6 is 22.9 Å². The molecule has 100 valence electrons. The fourth-order valence-electron chi connectivity index (χ4n) is 1.32. The molecule has 0 atom stereocenters. The van der Waals surface area contributed by atoms with Crippen LogP contribution in [0, 0.1) is 0 Å². The molecule has 0 saturated carbocycles. The van der Waals surface area contributed by atoms with Gasteiger partial charge in [0.15, 0.2) is 0 Å². The van der Waals surface area contributed by atoms with E-state index in [1.807, 2.05) is 6.07 Å². The third-order valence-electron chi connectivity index (χ3n) is 2.18. The quantitative estimate of drug-likeness (QED) is 0.831. The SMILES string of the molecule is O=C(CCNc1ncccn1)OCc1ccc(Cl)s1. The maximum absolute atomic E-state index is 11.5. The van der Waals surface area contributed by atoms with Crippen LogP contribution in [0.1, 0.15) is 11.3 Å². The highest BCUT2D eigenvalue weighted by Crippen LogP contribution is 2.21. The largest absolute Gasteiger partial charge is 0.460 e. The normalized spacial score (nSPS) is 10.2. The molecule has 0 saturated heterocycles. The van der Waals surface area contributed by atoms with Gasteiger partial charge in [0.2, 0.25) is 5.95 Å². The second-order valence-electron chi connectivity index (χ2n) is 3.62. The van der Waals surface area contributed by atoms with Gasteiger partial charge in [-0.2, -0.15) is 0 Å². The second kappa shape index (κ2) is 7.06. The van der Waals surface area contributed by atoms with Crippen LogP contribution in [0.25, 0.3) is 0 Å². The van der Waals surface area contributed by atoms with Crippen LogP contribution in [0.2, 0.25) is 4.34 Å². The minimum atomic E-state index is -0.270. The molecule has 0 aromatic carbocycles. The first kappa shape index (κ1) is 13.8. The Balaban J connectivity index is 1.65. The number of rotatable bonds is 6. The Morgan fingerprint density at radius 3 is 2.84 bits per heavy atom. The lowest BCUT2D eigenvalue weighted by Crippen LogP contribution is -2.12. The predicted octanol–water partition coefficient (Wildman–Crippen LogP) is 2.74. The summed E-state index contributed by atoms with van der Waals surface area (Å²) in [6.45, 7) is 0.700. The number of hydrogen-bond donors (Lipinski definition) is 1. The summed E-state index contributed by atoms with van der Waals surface area (Å²) in [6.07, 6.45) is 3.53. The number of halogens is 1. The monoisotopic (exact) mass is 297 g/mol. The number of nitrogens with one attached hydrogen (secondary N) is 1. The Morgan fingerprint density at radius 1 is 1.37 bits per heavy atom. The average Bonchev–Trinajstić information content (AvgIpc) is 2.83. The molecule has 2 aromatic rings. The van der Waals surface area contributed by atoms with Crippen molar-refractivity contribution in [3.8, 4) is 0 Å². The van der Waals surface area contributed by atoms with E-state index in [4.69, 9.17) is 16.3 Å². The van der Waals surface area contributed by atoms with E-state index in [2.05, 4.69) is 15.3 Å². The molecule has 0 bridgehead atoms. The Kier molecular flexibility index (Phi) is 5.11. The van der Waals surface area contributed by atoms with E-state index in [0.717, 1.165) is 4.88 Å². The zero-order valence-electron chi connectivity index (χ0n) is 10.0. The van der Waals surface area contributed by atoms with E-state index < -0.39 is 0 Å². The van der Waals surface area contributed by atoms with Crippen molar-refractivity contribution in [3.63, 3.8) is 0 Å². The van der Waals surface area contributed by atoms with E-state index in [-0.39, 0.29) is 19.0 Å². The molecule has 0 fully saturated rings. The fourth-order valence-corrected chi connectivity index (χ4v) is 2.32. The van der Waals surface area contributed by atoms with Crippen LogP contribution in [0.4, 0.5) is 5.95 Å². The van der Waals surface area contributed by atoms with Crippen molar-refractivity contribution < 1.29 is 9.53 Å². The Bertz CT molecular complexity index is 533. The smallest absolute Gasteiger partial charge is 0.307 e. The molecule has 0 aliphatic rings. The molecule has 2 heterocycles. The highest BCUT2D eigenvalue weighted by molar-refractivity contribution is 7.16. The molecule has 0 radical (unpaired) electrons. The summed E-state index contributed by atoms with van der Waals surface area (Å²) < 4.78 is 5.80. The molecule has 2 aromatic heterocycles. The Morgan fingerprint density at radius 2 is 2.16 bits per heavy atom. The lowest BCUT2D eigenvalue weighted by atomic mass is 10.4. The van der Waals surface area contributed by atoms with Gasteiger partial charge in [-0.3, -0.25) is 4.79 Å². The van der Waals surface area contributed by atoms with Gasteiger partial charge in [0, 0.05) is 23.8 Å². The molecule has 1 N–H and O–H groups in total. The number of aromatic nitrogens is 2. The fraction of sp³-hybridized carbons (Fsp3) is 0.250. The third-order valence-corrected chi connectivity index (χ3v) is 3.39. The summed E-state index contributed by atoms with van der Waals surface area (Å²) in [6, 6.07) is 5.35. The van der Waals surface area contributed by atoms with Gasteiger partial charge >= 0.3 is 5.97 Å². The number of thiophene rings is 1. The Labute approximate surface area is 119 Å². The van der Waals surface area contributed by atoms with Crippen molar-refractivity contribution >= 4 is 34.9 Å². The van der Waals surface area contributed by atoms with Gasteiger partial charge in [-0.15, -0.1) is 11.3 Å². The van der Waals surface area contributed by atoms with E-state index in [0.29, 0.717) is 16.8 Å². The highest BCUT2D eigenvalue weighted by atomic mass is 35.5. The molecule has 0 amide bonds. The first-order valence-electron chi connectivity index (χ1n) is 5.65. The van der Waals surface area contributed by atoms with E-state index in [1.165, 1.54) is 11.3 Å². The van der Waals surface area contributed by atoms with Crippen LogP contribution in [0.3, 0.4) is 0 Å². The number of nitrogens with zero attached hydrogens (tertiary/aromatic N) is 2. The lowest BCUT2D eigenvalue weighted by molar-refractivity contribution is -0.144. The van der Waals surface area contributed by atoms with Gasteiger partial charge in [-0.05, 0) is 18.2 Å². The minimum Gasteiger partial charge on any atom is -0.460 e. The van der Waals surface area contributed by atoms with Gasteiger partial charge in [-0.1, -0.05) is 11.6 Å². The standard InChI is InChI=1S/C12H12ClN3O2S/c13-10-3-2-9(19-10)8-18-11(17)4-7-16-12-14-5-1-6-15-12/h1-3,5-6H,4,7-8H2,(H,14,15,16). The van der Waals surface area contributed by atoms with E-state index in [1.54, 1.807) is 24.5 Å². The van der Waals surface area contributed by atoms with Crippen LogP contribution in [-0.2, 0) is 16.1 Å². The van der Waals surface area contributed by atoms with Gasteiger partial charge in [-0.25, -0.2) is 9.97 Å². The van der Waals surface area contributed by atoms with Crippen molar-refractivity contribution in [3.05, 3.63) is 39.8 Å². The number of carbonyl (C=O) groups is 1. The van der Waals surface area contributed by atoms with Crippen LogP contribution in [0.15, 0.2) is 30.6 Å². The number of carbonyl (C=O) groups excluding carboxylic acids is 1. The zero-order valence-corrected chi connectivity index (χ0v) is 11.6. The molecule has 0 unspecified atom stereocenters. The molecule has 2 rings (SSSR count). The molecule has 0 aliphatic carbocycles. The topological polar surface area (TPSA) is 64.1 Å². The molecule has 0 spiro atoms. The molecule has 19 heavy (non-hydrogen) atoms. The summed E-state index contributed by atoms with van der Waals surface area (Å²) >= 11 is 7.18. The van der Waals surface area contributed by atoms with Gasteiger partial charge in [0.05, 0.1) is 10.8 Å². The minimum absolute atomic E-state index is 0.261. The summed E-state index contributed by atoms with van der Waals surface area (Å²) in [5.41, 5.74) is 0. The van der Waals surface area contributed by atoms with Crippen molar-refractivity contribution in [1.82, 2.24) is 9.97 Å². The van der Waals surface area contributed by atoms with E-state index in [9.17, 15) is 4.79 Å². The van der Waals surface area contributed by atoms with Crippen LogP contribution < -0.4 is 5.32 Å². The van der Waals surface area contributed by atoms with Crippen LogP contribution in [-0.4, -0.2) is 22.5 Å². The number of hydrogen-bond acceptors (Lipinski definition) is 6. The lowest BCUT2D eigenvalue weighted by Gasteiger charge is -2.04. The number of ether oxygens (including phenoxy) is 1. The summed E-state index contributed by atoms with van der Waals surface area (Å²) in [7, 11) is 0. The van der Waals surface area contributed by atoms with Crippen molar-refractivity contribution in [2.45, 2.75) is 13.0 Å². The van der Waals surface area contributed by atoms with Gasteiger partial charge < -0.3 is 10.1 Å². The van der Waals surface area contributed by atoms with Crippen molar-refractivity contribution in [2.75, 3.05) is 11.9 Å². The average molecular weight is 298 g/mol. The summed E-state index contributed by atoms with van der Waals surface area (Å²) in [5, 5.41) is 2.94.